The summed E-state index contributed by atoms with van der Waals surface area (Å²) in [7, 11) is 0. The zero-order valence-electron chi connectivity index (χ0n) is 15.0. The lowest BCUT2D eigenvalue weighted by atomic mass is 10.1. The molecule has 1 N–H and O–H groups in total. The van der Waals surface area contributed by atoms with Gasteiger partial charge in [0, 0.05) is 5.02 Å². The summed E-state index contributed by atoms with van der Waals surface area (Å²) in [6.45, 7) is 6.62. The molecule has 1 heterocycles. The van der Waals surface area contributed by atoms with Gasteiger partial charge in [-0.05, 0) is 62.2 Å². The third-order valence-electron chi connectivity index (χ3n) is 4.23. The van der Waals surface area contributed by atoms with Gasteiger partial charge < -0.3 is 19.5 Å². The molecule has 0 unspecified atom stereocenters. The maximum atomic E-state index is 12.5. The van der Waals surface area contributed by atoms with E-state index in [1.54, 1.807) is 25.1 Å². The van der Waals surface area contributed by atoms with Crippen LogP contribution in [0, 0.1) is 6.92 Å². The summed E-state index contributed by atoms with van der Waals surface area (Å²) < 4.78 is 16.9. The molecule has 1 aliphatic heterocycles. The summed E-state index contributed by atoms with van der Waals surface area (Å²) in [6.07, 6.45) is -0.630. The first-order chi connectivity index (χ1) is 12.4. The third kappa shape index (κ3) is 4.22. The van der Waals surface area contributed by atoms with Gasteiger partial charge in [0.25, 0.3) is 5.91 Å². The van der Waals surface area contributed by atoms with Crippen molar-refractivity contribution >= 4 is 17.5 Å². The number of hydrogen-bond donors (Lipinski definition) is 1. The van der Waals surface area contributed by atoms with Crippen LogP contribution in [-0.4, -0.2) is 25.2 Å². The second kappa shape index (κ2) is 7.87. The van der Waals surface area contributed by atoms with Crippen molar-refractivity contribution < 1.29 is 19.0 Å². The predicted octanol–water partition coefficient (Wildman–Crippen LogP) is 4.06. The third-order valence-corrected chi connectivity index (χ3v) is 4.47. The smallest absolute Gasteiger partial charge is 0.261 e. The number of halogens is 1. The molecule has 0 bridgehead atoms. The van der Waals surface area contributed by atoms with Crippen molar-refractivity contribution in [1.29, 1.82) is 0 Å². The Labute approximate surface area is 158 Å². The van der Waals surface area contributed by atoms with Crippen LogP contribution < -0.4 is 19.5 Å². The topological polar surface area (TPSA) is 56.8 Å². The second-order valence-corrected chi connectivity index (χ2v) is 6.74. The maximum Gasteiger partial charge on any atom is 0.261 e. The van der Waals surface area contributed by atoms with E-state index in [0.29, 0.717) is 29.7 Å². The zero-order chi connectivity index (χ0) is 18.7. The minimum Gasteiger partial charge on any atom is -0.486 e. The van der Waals surface area contributed by atoms with Gasteiger partial charge in [0.05, 0.1) is 6.04 Å². The molecule has 6 heteroatoms. The van der Waals surface area contributed by atoms with E-state index in [-0.39, 0.29) is 11.9 Å². The van der Waals surface area contributed by atoms with E-state index >= 15 is 0 Å². The molecule has 3 rings (SSSR count). The Kier molecular flexibility index (Phi) is 5.57. The first kappa shape index (κ1) is 18.4. The Morgan fingerprint density at radius 1 is 1.12 bits per heavy atom. The van der Waals surface area contributed by atoms with Crippen LogP contribution in [-0.2, 0) is 4.79 Å². The number of rotatable bonds is 5. The van der Waals surface area contributed by atoms with E-state index in [0.717, 1.165) is 16.9 Å². The molecule has 0 radical (unpaired) electrons. The fourth-order valence-electron chi connectivity index (χ4n) is 2.73. The lowest BCUT2D eigenvalue weighted by Gasteiger charge is -2.22. The standard InChI is InChI=1S/C20H22ClNO4/c1-12-10-16(21)5-7-17(12)26-14(3)20(23)22-13(2)15-4-6-18-19(11-15)25-9-8-24-18/h4-7,10-11,13-14H,8-9H2,1-3H3,(H,22,23)/t13-,14+/m0/s1. The summed E-state index contributed by atoms with van der Waals surface area (Å²) in [5, 5.41) is 3.61. The van der Waals surface area contributed by atoms with Crippen LogP contribution in [0.25, 0.3) is 0 Å². The van der Waals surface area contributed by atoms with E-state index in [1.807, 2.05) is 32.0 Å². The van der Waals surface area contributed by atoms with Crippen molar-refractivity contribution in [3.8, 4) is 17.2 Å². The predicted molar refractivity (Wildman–Crippen MR) is 100 cm³/mol. The summed E-state index contributed by atoms with van der Waals surface area (Å²) in [6, 6.07) is 10.8. The first-order valence-electron chi connectivity index (χ1n) is 8.57. The van der Waals surface area contributed by atoms with Crippen LogP contribution >= 0.6 is 11.6 Å². The molecule has 1 amide bonds. The van der Waals surface area contributed by atoms with E-state index in [4.69, 9.17) is 25.8 Å². The highest BCUT2D eigenvalue weighted by atomic mass is 35.5. The average molecular weight is 376 g/mol. The molecule has 26 heavy (non-hydrogen) atoms. The van der Waals surface area contributed by atoms with Crippen LogP contribution in [0.1, 0.15) is 31.0 Å². The van der Waals surface area contributed by atoms with E-state index in [2.05, 4.69) is 5.32 Å². The maximum absolute atomic E-state index is 12.5. The zero-order valence-corrected chi connectivity index (χ0v) is 15.8. The highest BCUT2D eigenvalue weighted by molar-refractivity contribution is 6.30. The van der Waals surface area contributed by atoms with Crippen molar-refractivity contribution in [3.05, 3.63) is 52.5 Å². The monoisotopic (exact) mass is 375 g/mol. The summed E-state index contributed by atoms with van der Waals surface area (Å²) in [5.74, 6) is 1.88. The van der Waals surface area contributed by atoms with Gasteiger partial charge >= 0.3 is 0 Å². The summed E-state index contributed by atoms with van der Waals surface area (Å²) in [5.41, 5.74) is 1.83. The van der Waals surface area contributed by atoms with Gasteiger partial charge in [-0.2, -0.15) is 0 Å². The number of amides is 1. The SMILES string of the molecule is Cc1cc(Cl)ccc1O[C@H](C)C(=O)N[C@@H](C)c1ccc2c(c1)OCCO2. The van der Waals surface area contributed by atoms with Gasteiger partial charge in [-0.1, -0.05) is 17.7 Å². The van der Waals surface area contributed by atoms with Gasteiger partial charge in [-0.3, -0.25) is 4.79 Å². The average Bonchev–Trinajstić information content (AvgIpc) is 2.63. The number of benzene rings is 2. The van der Waals surface area contributed by atoms with Crippen LogP contribution in [0.4, 0.5) is 0 Å². The largest absolute Gasteiger partial charge is 0.486 e. The molecule has 138 valence electrons. The number of ether oxygens (including phenoxy) is 3. The van der Waals surface area contributed by atoms with Gasteiger partial charge in [-0.25, -0.2) is 0 Å². The normalized spacial score (nSPS) is 15.1. The molecule has 0 fully saturated rings. The van der Waals surface area contributed by atoms with Crippen LogP contribution in [0.5, 0.6) is 17.2 Å². The molecule has 0 spiro atoms. The van der Waals surface area contributed by atoms with Crippen LogP contribution in [0.15, 0.2) is 36.4 Å². The second-order valence-electron chi connectivity index (χ2n) is 6.30. The number of nitrogens with one attached hydrogen (secondary N) is 1. The van der Waals surface area contributed by atoms with Gasteiger partial charge in [0.15, 0.2) is 17.6 Å². The number of hydrogen-bond acceptors (Lipinski definition) is 4. The number of carbonyl (C=O) groups is 1. The Morgan fingerprint density at radius 3 is 2.58 bits per heavy atom. The molecule has 2 aromatic rings. The molecule has 2 atom stereocenters. The first-order valence-corrected chi connectivity index (χ1v) is 8.94. The highest BCUT2D eigenvalue weighted by Crippen LogP contribution is 2.32. The minimum atomic E-state index is -0.630. The molecule has 0 aliphatic carbocycles. The van der Waals surface area contributed by atoms with E-state index < -0.39 is 6.10 Å². The highest BCUT2D eigenvalue weighted by Gasteiger charge is 2.20. The molecular weight excluding hydrogens is 354 g/mol. The lowest BCUT2D eigenvalue weighted by molar-refractivity contribution is -0.127. The van der Waals surface area contributed by atoms with Crippen LogP contribution in [0.3, 0.4) is 0 Å². The molecule has 0 saturated carbocycles. The van der Waals surface area contributed by atoms with Crippen LogP contribution in [0.2, 0.25) is 5.02 Å². The summed E-state index contributed by atoms with van der Waals surface area (Å²) in [4.78, 5) is 12.5. The minimum absolute atomic E-state index is 0.185. The van der Waals surface area contributed by atoms with Gasteiger partial charge in [-0.15, -0.1) is 0 Å². The van der Waals surface area contributed by atoms with Crippen molar-refractivity contribution in [2.75, 3.05) is 13.2 Å². The van der Waals surface area contributed by atoms with Crippen molar-refractivity contribution in [1.82, 2.24) is 5.32 Å². The Hall–Kier alpha value is -2.40. The fraction of sp³-hybridized carbons (Fsp3) is 0.350. The van der Waals surface area contributed by atoms with Crippen molar-refractivity contribution in [2.45, 2.75) is 32.9 Å². The Bertz CT molecular complexity index is 808. The number of aryl methyl sites for hydroxylation is 1. The summed E-state index contributed by atoms with van der Waals surface area (Å²) >= 11 is 5.95. The molecule has 0 aromatic heterocycles. The quantitative estimate of drug-likeness (QED) is 0.856. The molecule has 0 saturated heterocycles. The van der Waals surface area contributed by atoms with E-state index in [1.165, 1.54) is 0 Å². The molecule has 2 aromatic carbocycles. The Morgan fingerprint density at radius 2 is 1.85 bits per heavy atom. The number of fused-ring (bicyclic) bond motifs is 1. The van der Waals surface area contributed by atoms with E-state index in [9.17, 15) is 4.79 Å². The lowest BCUT2D eigenvalue weighted by Crippen LogP contribution is -2.37. The molecule has 5 nitrogen and oxygen atoms in total. The number of carbonyl (C=O) groups excluding carboxylic acids is 1. The van der Waals surface area contributed by atoms with Gasteiger partial charge in [0.1, 0.15) is 19.0 Å². The van der Waals surface area contributed by atoms with Crippen molar-refractivity contribution in [2.24, 2.45) is 0 Å². The molecule has 1 aliphatic rings. The van der Waals surface area contributed by atoms with Gasteiger partial charge in [0.2, 0.25) is 0 Å². The Balaban J connectivity index is 1.63. The molecular formula is C20H22ClNO4. The van der Waals surface area contributed by atoms with Crippen molar-refractivity contribution in [3.63, 3.8) is 0 Å². The fourth-order valence-corrected chi connectivity index (χ4v) is 2.96.